The van der Waals surface area contributed by atoms with Crippen molar-refractivity contribution in [2.45, 2.75) is 25.1 Å². The number of carbonyl (C=O) groups excluding carboxylic acids is 1. The number of hydrogen-bond donors (Lipinski definition) is 3. The quantitative estimate of drug-likeness (QED) is 0.511. The van der Waals surface area contributed by atoms with Gasteiger partial charge in [0.05, 0.1) is 22.7 Å². The number of alkyl halides is 3. The highest BCUT2D eigenvalue weighted by atomic mass is 19.4. The number of fused-ring (bicyclic) bond motifs is 1. The van der Waals surface area contributed by atoms with Gasteiger partial charge in [0.15, 0.2) is 0 Å². The van der Waals surface area contributed by atoms with Crippen molar-refractivity contribution >= 4 is 34.5 Å². The minimum absolute atomic E-state index is 0.169. The van der Waals surface area contributed by atoms with Crippen molar-refractivity contribution in [1.29, 1.82) is 0 Å². The van der Waals surface area contributed by atoms with Crippen LogP contribution in [0.2, 0.25) is 0 Å². The van der Waals surface area contributed by atoms with Gasteiger partial charge in [-0.2, -0.15) is 13.2 Å². The molecule has 2 aromatic heterocycles. The lowest BCUT2D eigenvalue weighted by Crippen LogP contribution is -2.39. The summed E-state index contributed by atoms with van der Waals surface area (Å²) in [5.74, 6) is 0.439. The molecule has 12 heteroatoms. The van der Waals surface area contributed by atoms with Gasteiger partial charge in [-0.1, -0.05) is 6.58 Å². The predicted molar refractivity (Wildman–Crippen MR) is 118 cm³/mol. The number of imidazole rings is 1. The largest absolute Gasteiger partial charge is 0.419 e. The molecule has 0 saturated carbocycles. The topological polar surface area (TPSA) is 122 Å². The number of anilines is 3. The number of carbonyl (C=O) groups is 1. The van der Waals surface area contributed by atoms with Crippen LogP contribution in [0.1, 0.15) is 18.4 Å². The highest BCUT2D eigenvalue weighted by Crippen LogP contribution is 2.28. The Morgan fingerprint density at radius 2 is 2.03 bits per heavy atom. The van der Waals surface area contributed by atoms with Crippen LogP contribution in [0.5, 0.6) is 0 Å². The number of nitrogens with one attached hydrogen (secondary N) is 1. The van der Waals surface area contributed by atoms with Crippen molar-refractivity contribution in [2.24, 2.45) is 7.05 Å². The zero-order chi connectivity index (χ0) is 24.2. The first kappa shape index (κ1) is 24.0. The lowest BCUT2D eigenvalue weighted by Gasteiger charge is -2.30. The van der Waals surface area contributed by atoms with E-state index in [1.807, 2.05) is 29.8 Å². The fourth-order valence-corrected chi connectivity index (χ4v) is 3.36. The molecule has 33 heavy (non-hydrogen) atoms. The number of nitrogens with two attached hydrogens (primary N) is 1. The number of nitrogens with zero attached hydrogens (tertiary/aromatic N) is 5. The Kier molecular flexibility index (Phi) is 7.16. The lowest BCUT2D eigenvalue weighted by molar-refractivity contribution is -0.138. The van der Waals surface area contributed by atoms with Gasteiger partial charge in [-0.15, -0.1) is 0 Å². The third kappa shape index (κ3) is 5.98. The van der Waals surface area contributed by atoms with Gasteiger partial charge < -0.3 is 25.6 Å². The Morgan fingerprint density at radius 3 is 2.64 bits per heavy atom. The van der Waals surface area contributed by atoms with E-state index >= 15 is 0 Å². The molecule has 4 rings (SSSR count). The molecule has 0 radical (unpaired) electrons. The molecule has 1 atom stereocenters. The van der Waals surface area contributed by atoms with Crippen LogP contribution in [0.3, 0.4) is 0 Å². The zero-order valence-electron chi connectivity index (χ0n) is 17.9. The van der Waals surface area contributed by atoms with Gasteiger partial charge in [0.2, 0.25) is 17.8 Å². The van der Waals surface area contributed by atoms with Crippen LogP contribution in [0, 0.1) is 0 Å². The van der Waals surface area contributed by atoms with Crippen molar-refractivity contribution in [3.63, 3.8) is 0 Å². The second-order valence-corrected chi connectivity index (χ2v) is 7.44. The molecule has 1 unspecified atom stereocenters. The molecule has 4 N–H and O–H groups in total. The Bertz CT molecular complexity index is 1130. The van der Waals surface area contributed by atoms with Gasteiger partial charge in [-0.3, -0.25) is 4.79 Å². The fraction of sp³-hybridized carbons (Fsp3) is 0.333. The third-order valence-electron chi connectivity index (χ3n) is 4.99. The van der Waals surface area contributed by atoms with E-state index in [0.717, 1.165) is 36.4 Å². The normalized spacial score (nSPS) is 16.2. The Hall–Kier alpha value is -3.67. The van der Waals surface area contributed by atoms with Gasteiger partial charge in [-0.25, -0.2) is 15.0 Å². The first-order valence-electron chi connectivity index (χ1n) is 10.1. The van der Waals surface area contributed by atoms with Crippen molar-refractivity contribution in [3.8, 4) is 0 Å². The molecule has 1 amide bonds. The average molecular weight is 463 g/mol. The Labute approximate surface area is 187 Å². The maximum Gasteiger partial charge on any atom is 0.419 e. The first-order chi connectivity index (χ1) is 15.6. The number of nitrogen functional groups attached to an aromatic ring is 1. The molecule has 0 bridgehead atoms. The summed E-state index contributed by atoms with van der Waals surface area (Å²) in [6.07, 6.45) is -0.360. The summed E-state index contributed by atoms with van der Waals surface area (Å²) < 4.78 is 37.4. The number of piperidine rings is 1. The summed E-state index contributed by atoms with van der Waals surface area (Å²) in [5.41, 5.74) is 6.59. The lowest BCUT2D eigenvalue weighted by atomic mass is 10.1. The SMILES string of the molecule is C=CC(=O)Nc1ccc2c(c1)nc(N1CCCC(O)C1)n2C.Nc1ncc(C(F)(F)F)cn1. The number of halogens is 3. The number of aryl methyl sites for hydroxylation is 1. The molecule has 3 heterocycles. The Morgan fingerprint density at radius 1 is 1.33 bits per heavy atom. The molecule has 3 aromatic rings. The van der Waals surface area contributed by atoms with Gasteiger partial charge in [0.25, 0.3) is 0 Å². The molecular formula is C21H24F3N7O2. The van der Waals surface area contributed by atoms with E-state index in [9.17, 15) is 23.1 Å². The number of benzene rings is 1. The maximum absolute atomic E-state index is 11.8. The predicted octanol–water partition coefficient (Wildman–Crippen LogP) is 2.74. The van der Waals surface area contributed by atoms with E-state index < -0.39 is 11.7 Å². The van der Waals surface area contributed by atoms with Crippen LogP contribution >= 0.6 is 0 Å². The molecule has 1 aliphatic rings. The summed E-state index contributed by atoms with van der Waals surface area (Å²) in [6.45, 7) is 4.95. The molecule has 1 aliphatic heterocycles. The summed E-state index contributed by atoms with van der Waals surface area (Å²) in [7, 11) is 1.97. The van der Waals surface area contributed by atoms with E-state index in [-0.39, 0.29) is 18.0 Å². The average Bonchev–Trinajstić information content (AvgIpc) is 3.09. The van der Waals surface area contributed by atoms with Crippen LogP contribution in [-0.2, 0) is 18.0 Å². The van der Waals surface area contributed by atoms with Gasteiger partial charge >= 0.3 is 6.18 Å². The summed E-state index contributed by atoms with van der Waals surface area (Å²) in [6, 6.07) is 5.63. The number of aromatic nitrogens is 4. The monoisotopic (exact) mass is 463 g/mol. The number of rotatable bonds is 3. The maximum atomic E-state index is 11.8. The molecule has 176 valence electrons. The van der Waals surface area contributed by atoms with Crippen molar-refractivity contribution in [3.05, 3.63) is 48.8 Å². The van der Waals surface area contributed by atoms with Crippen LogP contribution < -0.4 is 16.0 Å². The molecule has 1 saturated heterocycles. The van der Waals surface area contributed by atoms with Crippen LogP contribution in [0.15, 0.2) is 43.2 Å². The Balaban J connectivity index is 0.000000235. The number of amides is 1. The van der Waals surface area contributed by atoms with E-state index in [1.165, 1.54) is 6.08 Å². The zero-order valence-corrected chi connectivity index (χ0v) is 17.9. The summed E-state index contributed by atoms with van der Waals surface area (Å²) in [5, 5.41) is 12.6. The molecule has 9 nitrogen and oxygen atoms in total. The minimum Gasteiger partial charge on any atom is -0.391 e. The number of β-amino-alcohol motifs (C(OH)–C–C–N with tert-alkyl or cyclic N) is 1. The highest BCUT2D eigenvalue weighted by molar-refractivity contribution is 6.00. The number of aliphatic hydroxyl groups is 1. The van der Waals surface area contributed by atoms with E-state index in [2.05, 4.69) is 31.7 Å². The first-order valence-corrected chi connectivity index (χ1v) is 10.1. The van der Waals surface area contributed by atoms with Crippen molar-refractivity contribution < 1.29 is 23.1 Å². The van der Waals surface area contributed by atoms with Crippen LogP contribution in [0.4, 0.5) is 30.8 Å². The van der Waals surface area contributed by atoms with Gasteiger partial charge in [-0.05, 0) is 37.1 Å². The van der Waals surface area contributed by atoms with Crippen LogP contribution in [-0.4, -0.2) is 49.7 Å². The fourth-order valence-electron chi connectivity index (χ4n) is 3.36. The highest BCUT2D eigenvalue weighted by Gasteiger charge is 2.31. The van der Waals surface area contributed by atoms with Crippen molar-refractivity contribution in [1.82, 2.24) is 19.5 Å². The second-order valence-electron chi connectivity index (χ2n) is 7.44. The second kappa shape index (κ2) is 9.86. The molecular weight excluding hydrogens is 439 g/mol. The van der Waals surface area contributed by atoms with Gasteiger partial charge in [0, 0.05) is 38.2 Å². The van der Waals surface area contributed by atoms with Crippen LogP contribution in [0.25, 0.3) is 11.0 Å². The number of aliphatic hydroxyl groups excluding tert-OH is 1. The number of hydrogen-bond acceptors (Lipinski definition) is 7. The molecule has 1 aromatic carbocycles. The van der Waals surface area contributed by atoms with Crippen molar-refractivity contribution in [2.75, 3.05) is 29.0 Å². The standard InChI is InChI=1S/C16H20N4O2.C5H4F3N3/c1-3-15(22)17-11-6-7-14-13(9-11)18-16(19(14)2)20-8-4-5-12(21)10-20;6-5(7,8)3-1-10-4(9)11-2-3/h3,6-7,9,12,21H,1,4-5,8,10H2,2H3,(H,17,22);1-2H,(H2,9,10,11). The minimum atomic E-state index is -4.40. The van der Waals surface area contributed by atoms with E-state index in [1.54, 1.807) is 0 Å². The molecule has 0 spiro atoms. The third-order valence-corrected chi connectivity index (χ3v) is 4.99. The van der Waals surface area contributed by atoms with Gasteiger partial charge in [0.1, 0.15) is 0 Å². The molecule has 1 fully saturated rings. The summed E-state index contributed by atoms with van der Waals surface area (Å²) >= 11 is 0. The molecule has 0 aliphatic carbocycles. The smallest absolute Gasteiger partial charge is 0.391 e. The van der Waals surface area contributed by atoms with E-state index in [4.69, 9.17) is 5.73 Å². The summed E-state index contributed by atoms with van der Waals surface area (Å²) in [4.78, 5) is 24.5. The van der Waals surface area contributed by atoms with E-state index in [0.29, 0.717) is 24.6 Å².